The van der Waals surface area contributed by atoms with Crippen molar-refractivity contribution in [3.63, 3.8) is 0 Å². The van der Waals surface area contributed by atoms with Gasteiger partial charge in [-0.1, -0.05) is 304 Å². The molecule has 0 rings (SSSR count). The summed E-state index contributed by atoms with van der Waals surface area (Å²) in [5.74, 6) is -1.34. The van der Waals surface area contributed by atoms with Gasteiger partial charge in [-0.3, -0.25) is 37.3 Å². The molecular weight excluding hydrogens is 1160 g/mol. The van der Waals surface area contributed by atoms with E-state index in [1.807, 2.05) is 0 Å². The second kappa shape index (κ2) is 62.5. The van der Waals surface area contributed by atoms with Gasteiger partial charge in [-0.2, -0.15) is 0 Å². The molecule has 2 unspecified atom stereocenters. The molecule has 0 fully saturated rings. The Morgan fingerprint density at radius 3 is 0.773 bits per heavy atom. The topological polar surface area (TPSA) is 237 Å². The van der Waals surface area contributed by atoms with Gasteiger partial charge in [0.2, 0.25) is 0 Å². The zero-order valence-corrected chi connectivity index (χ0v) is 58.6. The van der Waals surface area contributed by atoms with Crippen LogP contribution in [0.15, 0.2) is 0 Å². The lowest BCUT2D eigenvalue weighted by Crippen LogP contribution is -2.30. The number of phosphoric acid groups is 2. The fourth-order valence-corrected chi connectivity index (χ4v) is 12.0. The van der Waals surface area contributed by atoms with E-state index in [-0.39, 0.29) is 25.7 Å². The van der Waals surface area contributed by atoms with Gasteiger partial charge in [0.15, 0.2) is 12.2 Å². The minimum absolute atomic E-state index is 0.107. The second-order valence-corrected chi connectivity index (χ2v) is 28.3. The summed E-state index contributed by atoms with van der Waals surface area (Å²) < 4.78 is 68.1. The van der Waals surface area contributed by atoms with E-state index in [4.69, 9.17) is 37.0 Å². The highest BCUT2D eigenvalue weighted by Crippen LogP contribution is 2.45. The quantitative estimate of drug-likeness (QED) is 0.0222. The number of rotatable bonds is 69. The maximum absolute atomic E-state index is 13.0. The number of unbranched alkanes of at least 4 members (excludes halogenated alkanes) is 41. The number of phosphoric ester groups is 2. The fraction of sp³-hybridized carbons (Fsp3) is 0.942. The summed E-state index contributed by atoms with van der Waals surface area (Å²) >= 11 is 0. The van der Waals surface area contributed by atoms with E-state index >= 15 is 0 Å². The molecule has 0 amide bonds. The molecule has 0 aromatic rings. The van der Waals surface area contributed by atoms with Gasteiger partial charge in [-0.05, 0) is 31.6 Å². The van der Waals surface area contributed by atoms with Crippen LogP contribution < -0.4 is 0 Å². The molecule has 0 bridgehead atoms. The van der Waals surface area contributed by atoms with Crippen molar-refractivity contribution in [3.05, 3.63) is 0 Å². The van der Waals surface area contributed by atoms with Crippen molar-refractivity contribution in [1.29, 1.82) is 0 Å². The standard InChI is InChI=1S/C69H134O17P2/c1-6-9-12-15-18-20-22-23-26-30-33-38-43-48-53-67(72)80-59-65(86-69(74)55-50-45-40-35-31-27-24-25-29-32-37-41-46-51-62(4)5)61-84-88(77,78)82-57-63(70)56-81-87(75,76)83-60-64(58-79-66(71)52-47-42-36-17-14-11-8-3)85-68(73)54-49-44-39-34-28-21-19-16-13-10-7-2/h62-65,70H,6-61H2,1-5H3,(H,75,76)(H,77,78)/t63-,64+,65+/m0/s1. The van der Waals surface area contributed by atoms with Crippen LogP contribution in [0.2, 0.25) is 0 Å². The van der Waals surface area contributed by atoms with E-state index in [2.05, 4.69) is 34.6 Å². The number of ether oxygens (including phenoxy) is 4. The van der Waals surface area contributed by atoms with Crippen LogP contribution in [0, 0.1) is 5.92 Å². The van der Waals surface area contributed by atoms with E-state index in [1.165, 1.54) is 167 Å². The summed E-state index contributed by atoms with van der Waals surface area (Å²) in [6.45, 7) is 7.22. The van der Waals surface area contributed by atoms with Crippen molar-refractivity contribution in [2.75, 3.05) is 39.6 Å². The Morgan fingerprint density at radius 1 is 0.307 bits per heavy atom. The van der Waals surface area contributed by atoms with Gasteiger partial charge in [0.1, 0.15) is 19.3 Å². The summed E-state index contributed by atoms with van der Waals surface area (Å²) in [5, 5.41) is 10.6. The van der Waals surface area contributed by atoms with E-state index in [1.54, 1.807) is 0 Å². The number of esters is 4. The minimum atomic E-state index is -4.95. The first-order chi connectivity index (χ1) is 42.5. The van der Waals surface area contributed by atoms with Gasteiger partial charge in [-0.25, -0.2) is 9.13 Å². The normalized spacial score (nSPS) is 14.1. The van der Waals surface area contributed by atoms with Crippen LogP contribution in [0.3, 0.4) is 0 Å². The second-order valence-electron chi connectivity index (χ2n) is 25.4. The van der Waals surface area contributed by atoms with Crippen molar-refractivity contribution < 1.29 is 80.2 Å². The monoisotopic (exact) mass is 1300 g/mol. The number of carbonyl (C=O) groups excluding carboxylic acids is 4. The van der Waals surface area contributed by atoms with Gasteiger partial charge in [-0.15, -0.1) is 0 Å². The molecule has 0 aliphatic heterocycles. The highest BCUT2D eigenvalue weighted by atomic mass is 31.2. The van der Waals surface area contributed by atoms with E-state index < -0.39 is 97.5 Å². The van der Waals surface area contributed by atoms with Gasteiger partial charge in [0.05, 0.1) is 26.4 Å². The van der Waals surface area contributed by atoms with Gasteiger partial charge < -0.3 is 33.8 Å². The largest absolute Gasteiger partial charge is 0.472 e. The molecule has 0 radical (unpaired) electrons. The van der Waals surface area contributed by atoms with Crippen molar-refractivity contribution >= 4 is 39.5 Å². The molecular formula is C69H134O17P2. The third-order valence-electron chi connectivity index (χ3n) is 16.0. The first-order valence-corrected chi connectivity index (χ1v) is 39.1. The number of hydrogen-bond acceptors (Lipinski definition) is 15. The van der Waals surface area contributed by atoms with E-state index in [0.717, 1.165) is 109 Å². The van der Waals surface area contributed by atoms with E-state index in [9.17, 15) is 43.2 Å². The lowest BCUT2D eigenvalue weighted by molar-refractivity contribution is -0.161. The molecule has 3 N–H and O–H groups in total. The minimum Gasteiger partial charge on any atom is -0.462 e. The third-order valence-corrected chi connectivity index (χ3v) is 17.9. The summed E-state index contributed by atoms with van der Waals surface area (Å²) in [6, 6.07) is 0. The Morgan fingerprint density at radius 2 is 0.523 bits per heavy atom. The van der Waals surface area contributed by atoms with Crippen LogP contribution in [-0.4, -0.2) is 96.7 Å². The Kier molecular flexibility index (Phi) is 61.1. The molecule has 0 aromatic heterocycles. The molecule has 0 aromatic carbocycles. The zero-order valence-electron chi connectivity index (χ0n) is 56.9. The molecule has 88 heavy (non-hydrogen) atoms. The fourth-order valence-electron chi connectivity index (χ4n) is 10.5. The third kappa shape index (κ3) is 62.8. The summed E-state index contributed by atoms with van der Waals surface area (Å²) in [5.41, 5.74) is 0. The molecule has 0 spiro atoms. The van der Waals surface area contributed by atoms with Crippen molar-refractivity contribution in [2.24, 2.45) is 5.92 Å². The van der Waals surface area contributed by atoms with Crippen LogP contribution in [-0.2, 0) is 65.4 Å². The molecule has 0 aliphatic carbocycles. The molecule has 0 saturated carbocycles. The van der Waals surface area contributed by atoms with Crippen molar-refractivity contribution in [1.82, 2.24) is 0 Å². The molecule has 522 valence electrons. The van der Waals surface area contributed by atoms with Gasteiger partial charge in [0, 0.05) is 25.7 Å². The highest BCUT2D eigenvalue weighted by Gasteiger charge is 2.30. The maximum Gasteiger partial charge on any atom is 0.472 e. The predicted octanol–water partition coefficient (Wildman–Crippen LogP) is 19.7. The Labute approximate surface area is 537 Å². The van der Waals surface area contributed by atoms with Gasteiger partial charge in [0.25, 0.3) is 0 Å². The summed E-state index contributed by atoms with van der Waals surface area (Å²) in [4.78, 5) is 72.4. The lowest BCUT2D eigenvalue weighted by atomic mass is 10.0. The smallest absolute Gasteiger partial charge is 0.462 e. The average Bonchev–Trinajstić information content (AvgIpc) is 3.60. The Hall–Kier alpha value is -1.94. The van der Waals surface area contributed by atoms with Gasteiger partial charge >= 0.3 is 39.5 Å². The number of carbonyl (C=O) groups is 4. The molecule has 0 saturated heterocycles. The summed E-state index contributed by atoms with van der Waals surface area (Å²) in [6.07, 6.45) is 48.6. The SMILES string of the molecule is CCCCCCCCCCCCCCCCC(=O)OC[C@H](COP(=O)(O)OC[C@@H](O)COP(=O)(O)OC[C@@H](COC(=O)CCCCCCCCC)OC(=O)CCCCCCCCCCCCC)OC(=O)CCCCCCCCCCCCCCCC(C)C. The average molecular weight is 1300 g/mol. The lowest BCUT2D eigenvalue weighted by Gasteiger charge is -2.21. The van der Waals surface area contributed by atoms with Crippen molar-refractivity contribution in [3.8, 4) is 0 Å². The molecule has 17 nitrogen and oxygen atoms in total. The highest BCUT2D eigenvalue weighted by molar-refractivity contribution is 7.47. The first kappa shape index (κ1) is 86.1. The first-order valence-electron chi connectivity index (χ1n) is 36.1. The number of aliphatic hydroxyl groups is 1. The molecule has 0 aliphatic rings. The van der Waals surface area contributed by atoms with Crippen LogP contribution in [0.5, 0.6) is 0 Å². The Balaban J connectivity index is 5.20. The van der Waals surface area contributed by atoms with Crippen LogP contribution in [0.1, 0.15) is 356 Å². The van der Waals surface area contributed by atoms with Crippen LogP contribution >= 0.6 is 15.6 Å². The molecule has 0 heterocycles. The summed E-state index contributed by atoms with van der Waals surface area (Å²) in [7, 11) is -9.89. The van der Waals surface area contributed by atoms with Crippen LogP contribution in [0.4, 0.5) is 0 Å². The molecule has 5 atom stereocenters. The number of hydrogen-bond donors (Lipinski definition) is 3. The predicted molar refractivity (Wildman–Crippen MR) is 354 cm³/mol. The Bertz CT molecular complexity index is 1700. The van der Waals surface area contributed by atoms with Crippen molar-refractivity contribution in [2.45, 2.75) is 374 Å². The molecule has 19 heteroatoms. The van der Waals surface area contributed by atoms with E-state index in [0.29, 0.717) is 25.7 Å². The zero-order chi connectivity index (χ0) is 64.9. The number of aliphatic hydroxyl groups excluding tert-OH is 1. The van der Waals surface area contributed by atoms with Crippen LogP contribution in [0.25, 0.3) is 0 Å². The maximum atomic E-state index is 13.0.